The summed E-state index contributed by atoms with van der Waals surface area (Å²) in [5, 5.41) is 9.04. The molecule has 2 aromatic carbocycles. The van der Waals surface area contributed by atoms with Gasteiger partial charge < -0.3 is 10.5 Å². The zero-order valence-corrected chi connectivity index (χ0v) is 10.2. The Morgan fingerprint density at radius 3 is 2.78 bits per heavy atom. The van der Waals surface area contributed by atoms with E-state index in [9.17, 15) is 0 Å². The lowest BCUT2D eigenvalue weighted by Gasteiger charge is -2.08. The minimum atomic E-state index is 0.442. The summed E-state index contributed by atoms with van der Waals surface area (Å²) in [7, 11) is 0. The van der Waals surface area contributed by atoms with Crippen LogP contribution < -0.4 is 10.5 Å². The molecule has 3 nitrogen and oxygen atoms in total. The van der Waals surface area contributed by atoms with Gasteiger partial charge in [-0.2, -0.15) is 5.26 Å². The summed E-state index contributed by atoms with van der Waals surface area (Å²) < 4.78 is 5.72. The maximum Gasteiger partial charge on any atom is 0.145 e. The van der Waals surface area contributed by atoms with Crippen LogP contribution in [0.4, 0.5) is 5.69 Å². The van der Waals surface area contributed by atoms with Gasteiger partial charge in [0.1, 0.15) is 17.6 Å². The lowest BCUT2D eigenvalue weighted by molar-refractivity contribution is 0.480. The van der Waals surface area contributed by atoms with E-state index in [1.807, 2.05) is 24.3 Å². The Kier molecular flexibility index (Phi) is 3.49. The van der Waals surface area contributed by atoms with Gasteiger partial charge >= 0.3 is 0 Å². The molecule has 0 spiro atoms. The Balaban J connectivity index is 2.31. The summed E-state index contributed by atoms with van der Waals surface area (Å²) >= 11 is 0. The molecule has 0 amide bonds. The van der Waals surface area contributed by atoms with Gasteiger partial charge in [-0.1, -0.05) is 19.1 Å². The first-order valence-corrected chi connectivity index (χ1v) is 5.79. The number of nitrogens with two attached hydrogens (primary N) is 1. The molecule has 0 aliphatic rings. The summed E-state index contributed by atoms with van der Waals surface area (Å²) in [6.45, 7) is 2.09. The largest absolute Gasteiger partial charge is 0.456 e. The zero-order chi connectivity index (χ0) is 13.0. The second kappa shape index (κ2) is 5.24. The molecule has 0 bridgehead atoms. The van der Waals surface area contributed by atoms with Crippen molar-refractivity contribution in [2.75, 3.05) is 5.73 Å². The first kappa shape index (κ1) is 12.0. The van der Waals surface area contributed by atoms with Crippen LogP contribution in [0.3, 0.4) is 0 Å². The van der Waals surface area contributed by atoms with Crippen molar-refractivity contribution in [2.45, 2.75) is 13.3 Å². The van der Waals surface area contributed by atoms with Gasteiger partial charge in [0.2, 0.25) is 0 Å². The first-order valence-electron chi connectivity index (χ1n) is 5.79. The second-order valence-corrected chi connectivity index (χ2v) is 3.97. The number of hydrogen-bond donors (Lipinski definition) is 1. The fraction of sp³-hybridized carbons (Fsp3) is 0.133. The molecule has 90 valence electrons. The number of aryl methyl sites for hydroxylation is 1. The topological polar surface area (TPSA) is 59.0 Å². The molecule has 0 unspecified atom stereocenters. The zero-order valence-electron chi connectivity index (χ0n) is 10.2. The number of anilines is 1. The average molecular weight is 238 g/mol. The fourth-order valence-electron chi connectivity index (χ4n) is 1.68. The van der Waals surface area contributed by atoms with Gasteiger partial charge in [-0.15, -0.1) is 0 Å². The number of benzene rings is 2. The molecular weight excluding hydrogens is 224 g/mol. The van der Waals surface area contributed by atoms with E-state index in [0.717, 1.165) is 12.2 Å². The monoisotopic (exact) mass is 238 g/mol. The molecule has 2 aromatic rings. The van der Waals surface area contributed by atoms with E-state index >= 15 is 0 Å². The van der Waals surface area contributed by atoms with Crippen molar-refractivity contribution in [1.82, 2.24) is 0 Å². The summed E-state index contributed by atoms with van der Waals surface area (Å²) in [5.74, 6) is 1.26. The van der Waals surface area contributed by atoms with E-state index in [4.69, 9.17) is 15.7 Å². The van der Waals surface area contributed by atoms with Gasteiger partial charge in [0.05, 0.1) is 5.56 Å². The molecule has 18 heavy (non-hydrogen) atoms. The molecule has 0 saturated carbocycles. The van der Waals surface area contributed by atoms with Crippen LogP contribution >= 0.6 is 0 Å². The maximum atomic E-state index is 9.04. The highest BCUT2D eigenvalue weighted by molar-refractivity contribution is 5.54. The first-order chi connectivity index (χ1) is 8.72. The fourth-order valence-corrected chi connectivity index (χ4v) is 1.68. The SMILES string of the molecule is CCc1cccc(Oc2ccc(N)cc2C#N)c1. The summed E-state index contributed by atoms with van der Waals surface area (Å²) in [6, 6.07) is 15.0. The maximum absolute atomic E-state index is 9.04. The quantitative estimate of drug-likeness (QED) is 0.832. The van der Waals surface area contributed by atoms with Crippen LogP contribution in [0.5, 0.6) is 11.5 Å². The molecule has 0 radical (unpaired) electrons. The van der Waals surface area contributed by atoms with Crippen molar-refractivity contribution >= 4 is 5.69 Å². The number of nitriles is 1. The Bertz CT molecular complexity index is 600. The van der Waals surface area contributed by atoms with Crippen molar-refractivity contribution in [3.63, 3.8) is 0 Å². The number of rotatable bonds is 3. The van der Waals surface area contributed by atoms with Gasteiger partial charge in [-0.25, -0.2) is 0 Å². The van der Waals surface area contributed by atoms with Crippen LogP contribution in [0.2, 0.25) is 0 Å². The molecule has 0 saturated heterocycles. The normalized spacial score (nSPS) is 9.78. The van der Waals surface area contributed by atoms with Gasteiger partial charge in [-0.3, -0.25) is 0 Å². The smallest absolute Gasteiger partial charge is 0.145 e. The van der Waals surface area contributed by atoms with Gasteiger partial charge in [0.25, 0.3) is 0 Å². The van der Waals surface area contributed by atoms with E-state index in [1.54, 1.807) is 18.2 Å². The van der Waals surface area contributed by atoms with E-state index in [1.165, 1.54) is 5.56 Å². The Labute approximate surface area is 106 Å². The van der Waals surface area contributed by atoms with Crippen LogP contribution in [-0.4, -0.2) is 0 Å². The molecular formula is C15H14N2O. The summed E-state index contributed by atoms with van der Waals surface area (Å²) in [6.07, 6.45) is 0.948. The predicted molar refractivity (Wildman–Crippen MR) is 71.5 cm³/mol. The Morgan fingerprint density at radius 1 is 1.22 bits per heavy atom. The third-order valence-electron chi connectivity index (χ3n) is 2.66. The van der Waals surface area contributed by atoms with Crippen molar-refractivity contribution in [1.29, 1.82) is 5.26 Å². The molecule has 2 rings (SSSR count). The molecule has 0 aromatic heterocycles. The van der Waals surface area contributed by atoms with Crippen molar-refractivity contribution in [3.8, 4) is 17.6 Å². The highest BCUT2D eigenvalue weighted by Gasteiger charge is 2.05. The van der Waals surface area contributed by atoms with Gasteiger partial charge in [0.15, 0.2) is 0 Å². The van der Waals surface area contributed by atoms with Crippen molar-refractivity contribution < 1.29 is 4.74 Å². The predicted octanol–water partition coefficient (Wildman–Crippen LogP) is 3.50. The minimum Gasteiger partial charge on any atom is -0.456 e. The molecule has 0 aliphatic carbocycles. The molecule has 0 atom stereocenters. The van der Waals surface area contributed by atoms with Gasteiger partial charge in [0, 0.05) is 5.69 Å². The van der Waals surface area contributed by atoms with Crippen molar-refractivity contribution in [2.24, 2.45) is 0 Å². The summed E-state index contributed by atoms with van der Waals surface area (Å²) in [5.41, 5.74) is 7.83. The third kappa shape index (κ3) is 2.61. The highest BCUT2D eigenvalue weighted by atomic mass is 16.5. The Hall–Kier alpha value is -2.47. The molecule has 2 N–H and O–H groups in total. The van der Waals surface area contributed by atoms with Crippen LogP contribution in [-0.2, 0) is 6.42 Å². The standard InChI is InChI=1S/C15H14N2O/c1-2-11-4-3-5-14(8-11)18-15-7-6-13(17)9-12(15)10-16/h3-9H,2,17H2,1H3. The van der Waals surface area contributed by atoms with E-state index in [0.29, 0.717) is 17.0 Å². The van der Waals surface area contributed by atoms with E-state index in [2.05, 4.69) is 13.0 Å². The van der Waals surface area contributed by atoms with Gasteiger partial charge in [-0.05, 0) is 42.3 Å². The van der Waals surface area contributed by atoms with Crippen molar-refractivity contribution in [3.05, 3.63) is 53.6 Å². The highest BCUT2D eigenvalue weighted by Crippen LogP contribution is 2.27. The number of ether oxygens (including phenoxy) is 1. The Morgan fingerprint density at radius 2 is 2.06 bits per heavy atom. The lowest BCUT2D eigenvalue weighted by atomic mass is 10.1. The van der Waals surface area contributed by atoms with E-state index < -0.39 is 0 Å². The molecule has 0 aliphatic heterocycles. The number of nitrogens with zero attached hydrogens (tertiary/aromatic N) is 1. The minimum absolute atomic E-state index is 0.442. The number of hydrogen-bond acceptors (Lipinski definition) is 3. The molecule has 0 heterocycles. The van der Waals surface area contributed by atoms with Crippen LogP contribution in [0.15, 0.2) is 42.5 Å². The van der Waals surface area contributed by atoms with E-state index in [-0.39, 0.29) is 0 Å². The second-order valence-electron chi connectivity index (χ2n) is 3.97. The lowest BCUT2D eigenvalue weighted by Crippen LogP contribution is -1.92. The average Bonchev–Trinajstić information content (AvgIpc) is 2.41. The number of nitrogen functional groups attached to an aromatic ring is 1. The van der Waals surface area contributed by atoms with Crippen LogP contribution in [0.25, 0.3) is 0 Å². The molecule has 0 fully saturated rings. The molecule has 3 heteroatoms. The summed E-state index contributed by atoms with van der Waals surface area (Å²) in [4.78, 5) is 0. The van der Waals surface area contributed by atoms with Crippen LogP contribution in [0, 0.1) is 11.3 Å². The third-order valence-corrected chi connectivity index (χ3v) is 2.66. The van der Waals surface area contributed by atoms with Crippen LogP contribution in [0.1, 0.15) is 18.1 Å².